The molecule has 0 amide bonds. The van der Waals surface area contributed by atoms with Gasteiger partial charge in [0.05, 0.1) is 32.3 Å². The molecular formula is C19H26O5. The number of carbonyl (C=O) groups is 2. The zero-order valence-electron chi connectivity index (χ0n) is 15.3. The Morgan fingerprint density at radius 1 is 1.08 bits per heavy atom. The Kier molecular flexibility index (Phi) is 4.92. The predicted molar refractivity (Wildman–Crippen MR) is 90.5 cm³/mol. The van der Waals surface area contributed by atoms with Crippen LogP contribution in [0.4, 0.5) is 0 Å². The largest absolute Gasteiger partial charge is 0.497 e. The van der Waals surface area contributed by atoms with Crippen LogP contribution in [0.2, 0.25) is 0 Å². The van der Waals surface area contributed by atoms with Crippen LogP contribution in [-0.2, 0) is 9.53 Å². The molecule has 2 atom stereocenters. The van der Waals surface area contributed by atoms with Crippen LogP contribution >= 0.6 is 0 Å². The molecule has 0 heterocycles. The molecule has 5 heteroatoms. The molecule has 1 aromatic rings. The van der Waals surface area contributed by atoms with Crippen molar-refractivity contribution in [2.75, 3.05) is 21.3 Å². The summed E-state index contributed by atoms with van der Waals surface area (Å²) in [6, 6.07) is 5.18. The fourth-order valence-electron chi connectivity index (χ4n) is 3.74. The third-order valence-electron chi connectivity index (χ3n) is 5.85. The molecule has 0 unspecified atom stereocenters. The maximum absolute atomic E-state index is 13.2. The number of Topliss-reactive ketones (excluding diaryl/α,β-unsaturated/α-hetero) is 1. The third-order valence-corrected chi connectivity index (χ3v) is 5.85. The van der Waals surface area contributed by atoms with Gasteiger partial charge in [0.15, 0.2) is 5.78 Å². The first-order chi connectivity index (χ1) is 11.2. The highest BCUT2D eigenvalue weighted by Crippen LogP contribution is 2.57. The Hall–Kier alpha value is -2.04. The minimum atomic E-state index is -0.679. The van der Waals surface area contributed by atoms with Crippen molar-refractivity contribution in [3.05, 3.63) is 23.8 Å². The maximum Gasteiger partial charge on any atom is 0.312 e. The Balaban J connectivity index is 2.39. The van der Waals surface area contributed by atoms with Crippen molar-refractivity contribution in [2.24, 2.45) is 16.7 Å². The minimum absolute atomic E-state index is 0.00729. The smallest absolute Gasteiger partial charge is 0.312 e. The summed E-state index contributed by atoms with van der Waals surface area (Å²) in [5.74, 6) is 0.579. The van der Waals surface area contributed by atoms with Gasteiger partial charge in [0.25, 0.3) is 0 Å². The molecular weight excluding hydrogens is 308 g/mol. The number of esters is 1. The number of methoxy groups -OCH3 is 3. The van der Waals surface area contributed by atoms with E-state index in [1.54, 1.807) is 25.3 Å². The van der Waals surface area contributed by atoms with Gasteiger partial charge in [-0.15, -0.1) is 0 Å². The van der Waals surface area contributed by atoms with Gasteiger partial charge in [-0.3, -0.25) is 9.59 Å². The van der Waals surface area contributed by atoms with Crippen molar-refractivity contribution < 1.29 is 23.8 Å². The molecule has 132 valence electrons. The number of hydrogen-bond acceptors (Lipinski definition) is 5. The topological polar surface area (TPSA) is 61.8 Å². The summed E-state index contributed by atoms with van der Waals surface area (Å²) in [4.78, 5) is 25.5. The molecule has 1 aliphatic carbocycles. The first-order valence-electron chi connectivity index (χ1n) is 8.07. The molecule has 0 aliphatic heterocycles. The number of ether oxygens (including phenoxy) is 3. The van der Waals surface area contributed by atoms with E-state index in [2.05, 4.69) is 0 Å². The Bertz CT molecular complexity index is 649. The van der Waals surface area contributed by atoms with Gasteiger partial charge in [-0.2, -0.15) is 0 Å². The fraction of sp³-hybridized carbons (Fsp3) is 0.579. The van der Waals surface area contributed by atoms with E-state index in [4.69, 9.17) is 14.2 Å². The monoisotopic (exact) mass is 334 g/mol. The first kappa shape index (κ1) is 18.3. The normalized spacial score (nSPS) is 25.2. The summed E-state index contributed by atoms with van der Waals surface area (Å²) in [6.45, 7) is 5.82. The van der Waals surface area contributed by atoms with E-state index in [9.17, 15) is 9.59 Å². The molecule has 0 aromatic heterocycles. The van der Waals surface area contributed by atoms with Crippen molar-refractivity contribution in [1.82, 2.24) is 0 Å². The molecule has 0 bridgehead atoms. The summed E-state index contributed by atoms with van der Waals surface area (Å²) in [6.07, 6.45) is 1.27. The number of hydrogen-bond donors (Lipinski definition) is 0. The van der Waals surface area contributed by atoms with Gasteiger partial charge in [0, 0.05) is 12.0 Å². The van der Waals surface area contributed by atoms with Gasteiger partial charge < -0.3 is 14.2 Å². The quantitative estimate of drug-likeness (QED) is 0.609. The van der Waals surface area contributed by atoms with Crippen molar-refractivity contribution in [3.8, 4) is 11.5 Å². The highest BCUT2D eigenvalue weighted by atomic mass is 16.5. The number of ketones is 1. The minimum Gasteiger partial charge on any atom is -0.497 e. The van der Waals surface area contributed by atoms with Crippen LogP contribution in [0.25, 0.3) is 0 Å². The molecule has 2 rings (SSSR count). The standard InChI is InChI=1S/C19H26O5/c1-18(2)14(9-10-19(18,3)17(21)24-6)16(20)13-8-7-12(22-4)11-15(13)23-5/h7-8,11,14H,9-10H2,1-6H3/t14-,19+/m0/s1. The van der Waals surface area contributed by atoms with Crippen molar-refractivity contribution in [1.29, 1.82) is 0 Å². The van der Waals surface area contributed by atoms with Crippen LogP contribution in [0, 0.1) is 16.7 Å². The molecule has 24 heavy (non-hydrogen) atoms. The molecule has 0 radical (unpaired) electrons. The van der Waals surface area contributed by atoms with Crippen LogP contribution in [0.3, 0.4) is 0 Å². The second-order valence-electron chi connectivity index (χ2n) is 7.07. The first-order valence-corrected chi connectivity index (χ1v) is 8.07. The lowest BCUT2D eigenvalue weighted by Crippen LogP contribution is -2.43. The second kappa shape index (κ2) is 6.46. The van der Waals surface area contributed by atoms with E-state index >= 15 is 0 Å². The van der Waals surface area contributed by atoms with Gasteiger partial charge in [-0.1, -0.05) is 13.8 Å². The summed E-state index contributed by atoms with van der Waals surface area (Å²) >= 11 is 0. The number of rotatable bonds is 5. The van der Waals surface area contributed by atoms with Crippen LogP contribution in [0.15, 0.2) is 18.2 Å². The van der Waals surface area contributed by atoms with Crippen LogP contribution in [0.1, 0.15) is 44.0 Å². The maximum atomic E-state index is 13.2. The lowest BCUT2D eigenvalue weighted by Gasteiger charge is -2.38. The van der Waals surface area contributed by atoms with Crippen LogP contribution in [0.5, 0.6) is 11.5 Å². The van der Waals surface area contributed by atoms with E-state index in [1.807, 2.05) is 20.8 Å². The Labute approximate surface area is 143 Å². The van der Waals surface area contributed by atoms with Crippen LogP contribution < -0.4 is 9.47 Å². The fourth-order valence-corrected chi connectivity index (χ4v) is 3.74. The van der Waals surface area contributed by atoms with E-state index in [0.717, 1.165) is 0 Å². The Morgan fingerprint density at radius 3 is 2.29 bits per heavy atom. The molecule has 1 aliphatic rings. The van der Waals surface area contributed by atoms with Crippen molar-refractivity contribution in [2.45, 2.75) is 33.6 Å². The summed E-state index contributed by atoms with van der Waals surface area (Å²) < 4.78 is 15.5. The molecule has 0 N–H and O–H groups in total. The van der Waals surface area contributed by atoms with Crippen molar-refractivity contribution in [3.63, 3.8) is 0 Å². The van der Waals surface area contributed by atoms with E-state index in [1.165, 1.54) is 14.2 Å². The summed E-state index contributed by atoms with van der Waals surface area (Å²) in [7, 11) is 4.49. The molecule has 0 spiro atoms. The number of benzene rings is 1. The zero-order valence-corrected chi connectivity index (χ0v) is 15.3. The number of carbonyl (C=O) groups excluding carboxylic acids is 2. The van der Waals surface area contributed by atoms with Gasteiger partial charge in [-0.25, -0.2) is 0 Å². The average Bonchev–Trinajstić information content (AvgIpc) is 2.83. The highest BCUT2D eigenvalue weighted by molar-refractivity contribution is 6.01. The average molecular weight is 334 g/mol. The molecule has 1 saturated carbocycles. The molecule has 1 fully saturated rings. The third kappa shape index (κ3) is 2.66. The molecule has 0 saturated heterocycles. The van der Waals surface area contributed by atoms with Gasteiger partial charge in [-0.05, 0) is 37.3 Å². The van der Waals surface area contributed by atoms with Crippen LogP contribution in [-0.4, -0.2) is 33.1 Å². The van der Waals surface area contributed by atoms with E-state index < -0.39 is 10.8 Å². The lowest BCUT2D eigenvalue weighted by atomic mass is 9.64. The summed E-state index contributed by atoms with van der Waals surface area (Å²) in [5, 5.41) is 0. The second-order valence-corrected chi connectivity index (χ2v) is 7.07. The van der Waals surface area contributed by atoms with Gasteiger partial charge in [0.2, 0.25) is 0 Å². The van der Waals surface area contributed by atoms with E-state index in [-0.39, 0.29) is 17.7 Å². The van der Waals surface area contributed by atoms with Crippen molar-refractivity contribution >= 4 is 11.8 Å². The lowest BCUT2D eigenvalue weighted by molar-refractivity contribution is -0.157. The van der Waals surface area contributed by atoms with E-state index in [0.29, 0.717) is 29.9 Å². The highest BCUT2D eigenvalue weighted by Gasteiger charge is 2.58. The Morgan fingerprint density at radius 2 is 1.75 bits per heavy atom. The molecule has 5 nitrogen and oxygen atoms in total. The van der Waals surface area contributed by atoms with Gasteiger partial charge in [0.1, 0.15) is 11.5 Å². The SMILES string of the molecule is COC(=O)[C@@]1(C)CC[C@@H](C(=O)c2ccc(OC)cc2OC)C1(C)C. The summed E-state index contributed by atoms with van der Waals surface area (Å²) in [5.41, 5.74) is -0.672. The zero-order chi connectivity index (χ0) is 18.1. The molecule has 1 aromatic carbocycles. The van der Waals surface area contributed by atoms with Gasteiger partial charge >= 0.3 is 5.97 Å². The predicted octanol–water partition coefficient (Wildman–Crippen LogP) is 3.50.